The minimum atomic E-state index is -4.84. The van der Waals surface area contributed by atoms with Gasteiger partial charge in [0.25, 0.3) is 0 Å². The average Bonchev–Trinajstić information content (AvgIpc) is 2.46. The molecular weight excluding hydrogens is 309 g/mol. The molecular formula is C16H15F3N2O2. The number of nitrogens with one attached hydrogen (secondary N) is 1. The first-order valence-corrected chi connectivity index (χ1v) is 6.74. The summed E-state index contributed by atoms with van der Waals surface area (Å²) in [6.07, 6.45) is -4.88. The van der Waals surface area contributed by atoms with Crippen LogP contribution in [0.15, 0.2) is 48.5 Å². The molecule has 0 heterocycles. The van der Waals surface area contributed by atoms with E-state index < -0.39 is 18.2 Å². The first kappa shape index (κ1) is 16.8. The van der Waals surface area contributed by atoms with Gasteiger partial charge in [-0.3, -0.25) is 0 Å². The van der Waals surface area contributed by atoms with Crippen LogP contribution in [-0.2, 0) is 0 Å². The van der Waals surface area contributed by atoms with Crippen LogP contribution in [0.2, 0.25) is 0 Å². The molecule has 0 radical (unpaired) electrons. The van der Waals surface area contributed by atoms with Crippen molar-refractivity contribution < 1.29 is 23.0 Å². The second-order valence-corrected chi connectivity index (χ2v) is 4.89. The van der Waals surface area contributed by atoms with Gasteiger partial charge >= 0.3 is 6.36 Å². The molecule has 0 saturated carbocycles. The lowest BCUT2D eigenvalue weighted by molar-refractivity contribution is -0.274. The van der Waals surface area contributed by atoms with Crippen LogP contribution in [0.1, 0.15) is 23.6 Å². The summed E-state index contributed by atoms with van der Waals surface area (Å²) in [5.41, 5.74) is 6.27. The molecule has 0 amide bonds. The smallest absolute Gasteiger partial charge is 0.508 e. The number of hydrogen-bond acceptors (Lipinski definition) is 4. The van der Waals surface area contributed by atoms with Gasteiger partial charge in [-0.05, 0) is 18.2 Å². The largest absolute Gasteiger partial charge is 0.573 e. The van der Waals surface area contributed by atoms with Crippen LogP contribution in [0, 0.1) is 5.41 Å². The van der Waals surface area contributed by atoms with E-state index in [0.717, 1.165) is 6.07 Å². The minimum absolute atomic E-state index is 0.00990. The van der Waals surface area contributed by atoms with Crippen LogP contribution in [-0.4, -0.2) is 17.2 Å². The highest BCUT2D eigenvalue weighted by atomic mass is 19.4. The Morgan fingerprint density at radius 2 is 1.74 bits per heavy atom. The average molecular weight is 324 g/mol. The van der Waals surface area contributed by atoms with E-state index in [9.17, 15) is 18.3 Å². The Bertz CT molecular complexity index is 702. The van der Waals surface area contributed by atoms with E-state index in [1.54, 1.807) is 18.2 Å². The highest BCUT2D eigenvalue weighted by Crippen LogP contribution is 2.30. The third kappa shape index (κ3) is 4.46. The number of hydrogen-bond donors (Lipinski definition) is 3. The molecule has 1 atom stereocenters. The van der Waals surface area contributed by atoms with Gasteiger partial charge in [0.05, 0.1) is 0 Å². The zero-order valence-corrected chi connectivity index (χ0v) is 12.0. The van der Waals surface area contributed by atoms with E-state index in [-0.39, 0.29) is 23.4 Å². The molecule has 2 aromatic rings. The van der Waals surface area contributed by atoms with Crippen LogP contribution in [0.3, 0.4) is 0 Å². The number of halogens is 3. The SMILES string of the molecule is N=C(CC(N)c1ccccc1O)c1ccccc1OC(F)(F)F. The maximum absolute atomic E-state index is 12.4. The van der Waals surface area contributed by atoms with Crippen molar-refractivity contribution in [2.45, 2.75) is 18.8 Å². The minimum Gasteiger partial charge on any atom is -0.508 e. The van der Waals surface area contributed by atoms with Gasteiger partial charge in [0.2, 0.25) is 0 Å². The molecule has 122 valence electrons. The van der Waals surface area contributed by atoms with Crippen molar-refractivity contribution in [2.24, 2.45) is 5.73 Å². The van der Waals surface area contributed by atoms with Crippen molar-refractivity contribution >= 4 is 5.71 Å². The quantitative estimate of drug-likeness (QED) is 0.733. The van der Waals surface area contributed by atoms with Gasteiger partial charge in [0.15, 0.2) is 0 Å². The van der Waals surface area contributed by atoms with Crippen molar-refractivity contribution in [2.75, 3.05) is 0 Å². The Labute approximate surface area is 130 Å². The fourth-order valence-electron chi connectivity index (χ4n) is 2.17. The summed E-state index contributed by atoms with van der Waals surface area (Å²) in [5.74, 6) is -0.470. The molecule has 4 N–H and O–H groups in total. The molecule has 0 saturated heterocycles. The number of alkyl halides is 3. The molecule has 0 bridgehead atoms. The summed E-state index contributed by atoms with van der Waals surface area (Å²) in [6.45, 7) is 0. The number of aromatic hydroxyl groups is 1. The monoisotopic (exact) mass is 324 g/mol. The lowest BCUT2D eigenvalue weighted by atomic mass is 9.97. The lowest BCUT2D eigenvalue weighted by Gasteiger charge is -2.17. The number of phenols is 1. The third-order valence-corrected chi connectivity index (χ3v) is 3.20. The molecule has 0 fully saturated rings. The first-order chi connectivity index (χ1) is 10.8. The molecule has 7 heteroatoms. The molecule has 1 unspecified atom stereocenters. The maximum atomic E-state index is 12.4. The van der Waals surface area contributed by atoms with E-state index in [2.05, 4.69) is 4.74 Å². The summed E-state index contributed by atoms with van der Waals surface area (Å²) in [6, 6.07) is 11.1. The normalized spacial score (nSPS) is 12.7. The standard InChI is InChI=1S/C16H15F3N2O2/c17-16(18,19)23-15-8-4-2-6-11(15)13(21)9-12(20)10-5-1-3-7-14(10)22/h1-8,12,21-22H,9,20H2. The highest BCUT2D eigenvalue weighted by molar-refractivity contribution is 6.01. The number of benzene rings is 2. The van der Waals surface area contributed by atoms with Gasteiger partial charge in [0.1, 0.15) is 11.5 Å². The van der Waals surface area contributed by atoms with Crippen molar-refractivity contribution in [1.82, 2.24) is 0 Å². The van der Waals surface area contributed by atoms with E-state index in [0.29, 0.717) is 5.56 Å². The Kier molecular flexibility index (Phi) is 4.90. The van der Waals surface area contributed by atoms with Crippen LogP contribution in [0.5, 0.6) is 11.5 Å². The van der Waals surface area contributed by atoms with Gasteiger partial charge in [-0.2, -0.15) is 0 Å². The van der Waals surface area contributed by atoms with Gasteiger partial charge in [-0.1, -0.05) is 30.3 Å². The second-order valence-electron chi connectivity index (χ2n) is 4.89. The third-order valence-electron chi connectivity index (χ3n) is 3.20. The second kappa shape index (κ2) is 6.70. The number of nitrogens with two attached hydrogens (primary N) is 1. The number of phenolic OH excluding ortho intramolecular Hbond substituents is 1. The van der Waals surface area contributed by atoms with Crippen molar-refractivity contribution in [1.29, 1.82) is 5.41 Å². The fourth-order valence-corrected chi connectivity index (χ4v) is 2.17. The predicted octanol–water partition coefficient (Wildman–Crippen LogP) is 3.75. The summed E-state index contributed by atoms with van der Waals surface area (Å²) in [5, 5.41) is 17.8. The van der Waals surface area contributed by atoms with E-state index in [1.165, 1.54) is 24.3 Å². The maximum Gasteiger partial charge on any atom is 0.573 e. The van der Waals surface area contributed by atoms with Gasteiger partial charge < -0.3 is 21.0 Å². The molecule has 2 rings (SSSR count). The molecule has 4 nitrogen and oxygen atoms in total. The molecule has 0 aliphatic carbocycles. The van der Waals surface area contributed by atoms with E-state index in [1.807, 2.05) is 0 Å². The Hall–Kier alpha value is -2.54. The van der Waals surface area contributed by atoms with Crippen LogP contribution in [0.4, 0.5) is 13.2 Å². The molecule has 23 heavy (non-hydrogen) atoms. The molecule has 0 aliphatic heterocycles. The van der Waals surface area contributed by atoms with Crippen LogP contribution in [0.25, 0.3) is 0 Å². The Balaban J connectivity index is 2.20. The summed E-state index contributed by atoms with van der Waals surface area (Å²) in [7, 11) is 0. The lowest BCUT2D eigenvalue weighted by Crippen LogP contribution is -2.20. The first-order valence-electron chi connectivity index (χ1n) is 6.74. The van der Waals surface area contributed by atoms with Crippen molar-refractivity contribution in [3.63, 3.8) is 0 Å². The summed E-state index contributed by atoms with van der Waals surface area (Å²) in [4.78, 5) is 0. The summed E-state index contributed by atoms with van der Waals surface area (Å²) >= 11 is 0. The van der Waals surface area contributed by atoms with Crippen molar-refractivity contribution in [3.05, 3.63) is 59.7 Å². The molecule has 0 spiro atoms. The molecule has 0 aliphatic rings. The zero-order chi connectivity index (χ0) is 17.0. The van der Waals surface area contributed by atoms with E-state index >= 15 is 0 Å². The van der Waals surface area contributed by atoms with Crippen molar-refractivity contribution in [3.8, 4) is 11.5 Å². The molecule has 2 aromatic carbocycles. The Morgan fingerprint density at radius 1 is 1.13 bits per heavy atom. The van der Waals surface area contributed by atoms with Crippen LogP contribution >= 0.6 is 0 Å². The van der Waals surface area contributed by atoms with Gasteiger partial charge in [-0.15, -0.1) is 13.2 Å². The van der Waals surface area contributed by atoms with Gasteiger partial charge in [-0.25, -0.2) is 0 Å². The zero-order valence-electron chi connectivity index (χ0n) is 12.0. The summed E-state index contributed by atoms with van der Waals surface area (Å²) < 4.78 is 41.2. The van der Waals surface area contributed by atoms with Crippen LogP contribution < -0.4 is 10.5 Å². The fraction of sp³-hybridized carbons (Fsp3) is 0.188. The predicted molar refractivity (Wildman–Crippen MR) is 79.6 cm³/mol. The highest BCUT2D eigenvalue weighted by Gasteiger charge is 2.32. The van der Waals surface area contributed by atoms with E-state index in [4.69, 9.17) is 11.1 Å². The number of rotatable bonds is 5. The molecule has 0 aromatic heterocycles. The topological polar surface area (TPSA) is 79.3 Å². The Morgan fingerprint density at radius 3 is 2.39 bits per heavy atom. The number of para-hydroxylation sites is 2. The van der Waals surface area contributed by atoms with Gasteiger partial charge in [0, 0.05) is 29.3 Å². The number of ether oxygens (including phenoxy) is 1.